The smallest absolute Gasteiger partial charge is 0.390 e. The van der Waals surface area contributed by atoms with Crippen LogP contribution in [0.2, 0.25) is 5.02 Å². The topological polar surface area (TPSA) is 35.5 Å². The zero-order valence-corrected chi connectivity index (χ0v) is 12.8. The highest BCUT2D eigenvalue weighted by Crippen LogP contribution is 2.45. The quantitative estimate of drug-likeness (QED) is 0.812. The van der Waals surface area contributed by atoms with Gasteiger partial charge in [0.2, 0.25) is 0 Å². The third-order valence-electron chi connectivity index (χ3n) is 3.76. The summed E-state index contributed by atoms with van der Waals surface area (Å²) >= 11 is 5.86. The van der Waals surface area contributed by atoms with Gasteiger partial charge in [-0.2, -0.15) is 13.2 Å². The number of aliphatic hydroxyl groups is 1. The van der Waals surface area contributed by atoms with Gasteiger partial charge in [-0.1, -0.05) is 17.7 Å². The summed E-state index contributed by atoms with van der Waals surface area (Å²) in [7, 11) is 0. The van der Waals surface area contributed by atoms with E-state index in [0.29, 0.717) is 13.1 Å². The van der Waals surface area contributed by atoms with Crippen molar-refractivity contribution in [1.29, 1.82) is 0 Å². The molecule has 9 heteroatoms. The second-order valence-electron chi connectivity index (χ2n) is 5.31. The summed E-state index contributed by atoms with van der Waals surface area (Å²) in [6.07, 6.45) is -4.82. The molecule has 130 valence electrons. The van der Waals surface area contributed by atoms with Crippen LogP contribution in [0.3, 0.4) is 0 Å². The molecule has 0 spiro atoms. The summed E-state index contributed by atoms with van der Waals surface area (Å²) in [5.74, 6) is -3.76. The van der Waals surface area contributed by atoms with E-state index in [0.717, 1.165) is 18.2 Å². The number of hydrogen-bond acceptors (Lipinski definition) is 3. The normalized spacial score (nSPS) is 18.9. The number of alkyl halides is 5. The number of rotatable bonds is 4. The summed E-state index contributed by atoms with van der Waals surface area (Å²) in [6, 6.07) is 0.999. The first kappa shape index (κ1) is 18.4. The van der Waals surface area contributed by atoms with Gasteiger partial charge >= 0.3 is 6.18 Å². The van der Waals surface area contributed by atoms with E-state index in [1.807, 2.05) is 0 Å². The lowest BCUT2D eigenvalue weighted by molar-refractivity contribution is -0.145. The molecule has 1 fully saturated rings. The summed E-state index contributed by atoms with van der Waals surface area (Å²) in [5.41, 5.74) is -1.90. The fourth-order valence-corrected chi connectivity index (χ4v) is 3.03. The van der Waals surface area contributed by atoms with Crippen LogP contribution in [0.4, 0.5) is 22.0 Å². The lowest BCUT2D eigenvalue weighted by Crippen LogP contribution is -2.51. The highest BCUT2D eigenvalue weighted by Gasteiger charge is 2.48. The Balaban J connectivity index is 2.60. The minimum Gasteiger partial charge on any atom is -0.390 e. The minimum absolute atomic E-state index is 0.128. The molecule has 1 aromatic carbocycles. The molecule has 1 saturated heterocycles. The molecule has 2 rings (SSSR count). The van der Waals surface area contributed by atoms with Gasteiger partial charge in [0.05, 0.1) is 5.56 Å². The van der Waals surface area contributed by atoms with E-state index in [-0.39, 0.29) is 13.1 Å². The molecule has 0 amide bonds. The van der Waals surface area contributed by atoms with Crippen LogP contribution >= 0.6 is 11.6 Å². The Hall–Kier alpha value is -0.960. The van der Waals surface area contributed by atoms with Gasteiger partial charge in [-0.3, -0.25) is 4.90 Å². The molecule has 1 aliphatic heterocycles. The lowest BCUT2D eigenvalue weighted by atomic mass is 9.93. The molecular formula is C14H16ClF5N2O. The van der Waals surface area contributed by atoms with E-state index in [1.165, 1.54) is 4.90 Å². The van der Waals surface area contributed by atoms with Gasteiger partial charge in [0.15, 0.2) is 0 Å². The average molecular weight is 359 g/mol. The fourth-order valence-electron chi connectivity index (χ4n) is 2.75. The molecule has 1 aromatic rings. The largest absolute Gasteiger partial charge is 0.416 e. The predicted octanol–water partition coefficient (Wildman–Crippen LogP) is 2.93. The van der Waals surface area contributed by atoms with Crippen LogP contribution in [-0.4, -0.2) is 48.7 Å². The van der Waals surface area contributed by atoms with Gasteiger partial charge in [0.1, 0.15) is 12.6 Å². The van der Waals surface area contributed by atoms with Gasteiger partial charge in [-0.15, -0.1) is 0 Å². The maximum absolute atomic E-state index is 14.3. The third-order valence-corrected chi connectivity index (χ3v) is 4.09. The number of benzene rings is 1. The Morgan fingerprint density at radius 3 is 2.30 bits per heavy atom. The zero-order valence-electron chi connectivity index (χ0n) is 12.0. The number of hydrogen-bond donors (Lipinski definition) is 2. The second kappa shape index (κ2) is 6.88. The molecule has 0 aromatic heterocycles. The highest BCUT2D eigenvalue weighted by atomic mass is 35.5. The van der Waals surface area contributed by atoms with E-state index in [2.05, 4.69) is 5.32 Å². The van der Waals surface area contributed by atoms with Crippen LogP contribution in [0.1, 0.15) is 17.2 Å². The van der Waals surface area contributed by atoms with Gasteiger partial charge in [0.25, 0.3) is 5.92 Å². The minimum atomic E-state index is -4.82. The molecule has 0 unspecified atom stereocenters. The Morgan fingerprint density at radius 2 is 1.78 bits per heavy atom. The van der Waals surface area contributed by atoms with Crippen molar-refractivity contribution in [1.82, 2.24) is 10.2 Å². The van der Waals surface area contributed by atoms with Crippen LogP contribution in [0, 0.1) is 0 Å². The average Bonchev–Trinajstić information content (AvgIpc) is 2.49. The summed E-state index contributed by atoms with van der Waals surface area (Å²) in [5, 5.41) is 11.6. The van der Waals surface area contributed by atoms with Crippen LogP contribution < -0.4 is 5.32 Å². The third kappa shape index (κ3) is 3.93. The van der Waals surface area contributed by atoms with E-state index in [1.54, 1.807) is 0 Å². The van der Waals surface area contributed by atoms with Gasteiger partial charge in [0, 0.05) is 36.8 Å². The van der Waals surface area contributed by atoms with E-state index in [4.69, 9.17) is 16.7 Å². The van der Waals surface area contributed by atoms with Gasteiger partial charge in [-0.25, -0.2) is 8.78 Å². The molecule has 1 heterocycles. The molecule has 1 aliphatic rings. The maximum atomic E-state index is 14.3. The standard InChI is InChI=1S/C14H16ClF5N2O/c15-10-3-1-2-9(14(18,19)20)11(10)12(13(16,17)8-23)22-6-4-21-5-7-22/h1-3,12,21,23H,4-8H2/t12-/m0/s1. The Bertz CT molecular complexity index is 546. The maximum Gasteiger partial charge on any atom is 0.416 e. The lowest BCUT2D eigenvalue weighted by Gasteiger charge is -2.40. The van der Waals surface area contributed by atoms with Crippen molar-refractivity contribution in [2.45, 2.75) is 18.1 Å². The van der Waals surface area contributed by atoms with Gasteiger partial charge in [-0.05, 0) is 12.1 Å². The number of piperazine rings is 1. The summed E-state index contributed by atoms with van der Waals surface area (Å²) in [4.78, 5) is 1.23. The van der Waals surface area contributed by atoms with E-state index >= 15 is 0 Å². The van der Waals surface area contributed by atoms with Crippen molar-refractivity contribution >= 4 is 11.6 Å². The molecule has 2 N–H and O–H groups in total. The first-order valence-electron chi connectivity index (χ1n) is 6.97. The highest BCUT2D eigenvalue weighted by molar-refractivity contribution is 6.31. The molecule has 1 atom stereocenters. The first-order chi connectivity index (χ1) is 10.7. The molecule has 0 saturated carbocycles. The Labute approximate surface area is 135 Å². The molecule has 0 radical (unpaired) electrons. The molecule has 0 bridgehead atoms. The fraction of sp³-hybridized carbons (Fsp3) is 0.571. The van der Waals surface area contributed by atoms with E-state index < -0.39 is 40.9 Å². The molecule has 0 aliphatic carbocycles. The van der Waals surface area contributed by atoms with Crippen LogP contribution in [0.15, 0.2) is 18.2 Å². The van der Waals surface area contributed by atoms with Crippen molar-refractivity contribution in [3.05, 3.63) is 34.3 Å². The zero-order chi connectivity index (χ0) is 17.3. The predicted molar refractivity (Wildman–Crippen MR) is 75.7 cm³/mol. The number of aliphatic hydroxyl groups excluding tert-OH is 1. The Kier molecular flexibility index (Phi) is 5.50. The summed E-state index contributed by atoms with van der Waals surface area (Å²) < 4.78 is 68.3. The summed E-state index contributed by atoms with van der Waals surface area (Å²) in [6.45, 7) is -0.580. The van der Waals surface area contributed by atoms with Crippen LogP contribution in [-0.2, 0) is 6.18 Å². The SMILES string of the molecule is OCC(F)(F)[C@H](c1c(Cl)cccc1C(F)(F)F)N1CCNCC1. The Morgan fingerprint density at radius 1 is 1.17 bits per heavy atom. The number of nitrogens with zero attached hydrogens (tertiary/aromatic N) is 1. The van der Waals surface area contributed by atoms with Crippen molar-refractivity contribution < 1.29 is 27.1 Å². The van der Waals surface area contributed by atoms with E-state index in [9.17, 15) is 22.0 Å². The second-order valence-corrected chi connectivity index (χ2v) is 5.71. The molecule has 23 heavy (non-hydrogen) atoms. The molecule has 3 nitrogen and oxygen atoms in total. The van der Waals surface area contributed by atoms with Gasteiger partial charge < -0.3 is 10.4 Å². The number of nitrogens with one attached hydrogen (secondary N) is 1. The van der Waals surface area contributed by atoms with Crippen molar-refractivity contribution in [2.24, 2.45) is 0 Å². The van der Waals surface area contributed by atoms with Crippen molar-refractivity contribution in [3.63, 3.8) is 0 Å². The monoisotopic (exact) mass is 358 g/mol. The van der Waals surface area contributed by atoms with Crippen molar-refractivity contribution in [3.8, 4) is 0 Å². The van der Waals surface area contributed by atoms with Crippen molar-refractivity contribution in [2.75, 3.05) is 32.8 Å². The van der Waals surface area contributed by atoms with Crippen LogP contribution in [0.25, 0.3) is 0 Å². The first-order valence-corrected chi connectivity index (χ1v) is 7.35. The molecular weight excluding hydrogens is 343 g/mol. The van der Waals surface area contributed by atoms with Crippen LogP contribution in [0.5, 0.6) is 0 Å². The number of halogens is 6.